The van der Waals surface area contributed by atoms with Crippen LogP contribution < -0.4 is 0 Å². The van der Waals surface area contributed by atoms with Crippen molar-refractivity contribution in [1.29, 1.82) is 0 Å². The average molecular weight is 279 g/mol. The van der Waals surface area contributed by atoms with Crippen molar-refractivity contribution in [2.24, 2.45) is 0 Å². The van der Waals surface area contributed by atoms with E-state index in [0.29, 0.717) is 6.61 Å². The molecule has 0 saturated carbocycles. The SMILES string of the molecule is C=CC(=O)OCC(Br)C(=O)OCCCC. The minimum absolute atomic E-state index is 0.0458. The molecular formula is C10H15BrO4. The van der Waals surface area contributed by atoms with Crippen LogP contribution in [0.1, 0.15) is 19.8 Å². The van der Waals surface area contributed by atoms with Gasteiger partial charge in [0.25, 0.3) is 0 Å². The second-order valence-electron chi connectivity index (χ2n) is 2.82. The molecule has 0 N–H and O–H groups in total. The quantitative estimate of drug-likeness (QED) is 0.309. The summed E-state index contributed by atoms with van der Waals surface area (Å²) in [7, 11) is 0. The van der Waals surface area contributed by atoms with E-state index in [1.54, 1.807) is 0 Å². The number of hydrogen-bond donors (Lipinski definition) is 0. The molecule has 0 rings (SSSR count). The highest BCUT2D eigenvalue weighted by molar-refractivity contribution is 9.10. The molecule has 0 aromatic heterocycles. The molecule has 0 radical (unpaired) electrons. The number of carbonyl (C=O) groups excluding carboxylic acids is 2. The molecule has 0 aliphatic heterocycles. The lowest BCUT2D eigenvalue weighted by Gasteiger charge is -2.09. The van der Waals surface area contributed by atoms with Crippen LogP contribution in [0, 0.1) is 0 Å². The van der Waals surface area contributed by atoms with E-state index < -0.39 is 16.8 Å². The molecule has 0 bridgehead atoms. The lowest BCUT2D eigenvalue weighted by Crippen LogP contribution is -2.24. The van der Waals surface area contributed by atoms with Crippen molar-refractivity contribution < 1.29 is 19.1 Å². The van der Waals surface area contributed by atoms with Crippen molar-refractivity contribution in [1.82, 2.24) is 0 Å². The van der Waals surface area contributed by atoms with Crippen LogP contribution in [0.3, 0.4) is 0 Å². The van der Waals surface area contributed by atoms with Crippen molar-refractivity contribution in [3.8, 4) is 0 Å². The largest absolute Gasteiger partial charge is 0.465 e. The molecule has 1 atom stereocenters. The number of hydrogen-bond acceptors (Lipinski definition) is 4. The molecule has 0 aromatic carbocycles. The molecule has 4 nitrogen and oxygen atoms in total. The molecule has 0 fully saturated rings. The zero-order valence-electron chi connectivity index (χ0n) is 8.70. The predicted molar refractivity (Wildman–Crippen MR) is 59.7 cm³/mol. The van der Waals surface area contributed by atoms with E-state index in [-0.39, 0.29) is 6.61 Å². The van der Waals surface area contributed by atoms with Gasteiger partial charge in [-0.3, -0.25) is 4.79 Å². The molecule has 0 aliphatic carbocycles. The Morgan fingerprint density at radius 1 is 1.47 bits per heavy atom. The minimum atomic E-state index is -0.613. The molecule has 0 aliphatic rings. The smallest absolute Gasteiger partial charge is 0.330 e. The van der Waals surface area contributed by atoms with Crippen molar-refractivity contribution in [3.05, 3.63) is 12.7 Å². The van der Waals surface area contributed by atoms with E-state index in [1.807, 2.05) is 6.92 Å². The van der Waals surface area contributed by atoms with E-state index in [0.717, 1.165) is 18.9 Å². The Labute approximate surface area is 97.8 Å². The second kappa shape index (κ2) is 8.47. The Bertz CT molecular complexity index is 227. The Hall–Kier alpha value is -0.840. The van der Waals surface area contributed by atoms with Gasteiger partial charge in [0.1, 0.15) is 11.4 Å². The molecule has 0 aromatic rings. The number of halogens is 1. The van der Waals surface area contributed by atoms with Crippen LogP contribution in [-0.2, 0) is 19.1 Å². The maximum Gasteiger partial charge on any atom is 0.330 e. The van der Waals surface area contributed by atoms with Crippen LogP contribution in [0.4, 0.5) is 0 Å². The first-order chi connectivity index (χ1) is 7.11. The summed E-state index contributed by atoms with van der Waals surface area (Å²) in [5.41, 5.74) is 0. The lowest BCUT2D eigenvalue weighted by molar-refractivity contribution is -0.146. The number of unbranched alkanes of at least 4 members (excludes halogenated alkanes) is 1. The Kier molecular flexibility index (Phi) is 7.99. The van der Waals surface area contributed by atoms with Gasteiger partial charge in [-0.25, -0.2) is 4.79 Å². The van der Waals surface area contributed by atoms with Crippen molar-refractivity contribution in [2.45, 2.75) is 24.6 Å². The van der Waals surface area contributed by atoms with Gasteiger partial charge in [0.05, 0.1) is 6.61 Å². The number of rotatable bonds is 7. The zero-order chi connectivity index (χ0) is 11.7. The average Bonchev–Trinajstić information content (AvgIpc) is 2.25. The zero-order valence-corrected chi connectivity index (χ0v) is 10.3. The Balaban J connectivity index is 3.68. The molecule has 0 amide bonds. The summed E-state index contributed by atoms with van der Waals surface area (Å²) >= 11 is 3.07. The summed E-state index contributed by atoms with van der Waals surface area (Å²) < 4.78 is 9.58. The molecule has 0 spiro atoms. The van der Waals surface area contributed by atoms with Gasteiger partial charge >= 0.3 is 11.9 Å². The lowest BCUT2D eigenvalue weighted by atomic mass is 10.4. The number of alkyl halides is 1. The van der Waals surface area contributed by atoms with E-state index in [9.17, 15) is 9.59 Å². The minimum Gasteiger partial charge on any atom is -0.465 e. The predicted octanol–water partition coefficient (Wildman–Crippen LogP) is 1.82. The van der Waals surface area contributed by atoms with Gasteiger partial charge in [-0.1, -0.05) is 35.9 Å². The van der Waals surface area contributed by atoms with E-state index >= 15 is 0 Å². The molecule has 1 unspecified atom stereocenters. The monoisotopic (exact) mass is 278 g/mol. The summed E-state index contributed by atoms with van der Waals surface area (Å²) in [6.07, 6.45) is 2.84. The van der Waals surface area contributed by atoms with Crippen LogP contribution in [0.15, 0.2) is 12.7 Å². The number of ether oxygens (including phenoxy) is 2. The summed E-state index contributed by atoms with van der Waals surface area (Å²) in [6, 6.07) is 0. The Morgan fingerprint density at radius 2 is 2.13 bits per heavy atom. The van der Waals surface area contributed by atoms with Gasteiger partial charge in [0, 0.05) is 6.08 Å². The number of esters is 2. The first-order valence-corrected chi connectivity index (χ1v) is 5.63. The van der Waals surface area contributed by atoms with Gasteiger partial charge in [0.15, 0.2) is 0 Å². The highest BCUT2D eigenvalue weighted by atomic mass is 79.9. The van der Waals surface area contributed by atoms with Gasteiger partial charge in [-0.2, -0.15) is 0 Å². The van der Waals surface area contributed by atoms with Crippen molar-refractivity contribution in [3.63, 3.8) is 0 Å². The summed E-state index contributed by atoms with van der Waals surface area (Å²) in [5.74, 6) is -0.971. The maximum atomic E-state index is 11.2. The third kappa shape index (κ3) is 7.13. The first kappa shape index (κ1) is 14.2. The van der Waals surface area contributed by atoms with Gasteiger partial charge in [-0.05, 0) is 6.42 Å². The highest BCUT2D eigenvalue weighted by Gasteiger charge is 2.17. The van der Waals surface area contributed by atoms with Crippen molar-refractivity contribution >= 4 is 27.9 Å². The maximum absolute atomic E-state index is 11.2. The summed E-state index contributed by atoms with van der Waals surface area (Å²) in [4.78, 5) is 21.3. The van der Waals surface area contributed by atoms with Crippen LogP contribution in [0.25, 0.3) is 0 Å². The van der Waals surface area contributed by atoms with Crippen LogP contribution in [0.2, 0.25) is 0 Å². The third-order valence-electron chi connectivity index (χ3n) is 1.54. The standard InChI is InChI=1S/C10H15BrO4/c1-3-5-6-14-10(13)8(11)7-15-9(12)4-2/h4,8H,2-3,5-7H2,1H3. The molecule has 5 heteroatoms. The summed E-state index contributed by atoms with van der Waals surface area (Å²) in [5, 5.41) is 0. The highest BCUT2D eigenvalue weighted by Crippen LogP contribution is 2.04. The molecule has 15 heavy (non-hydrogen) atoms. The number of carbonyl (C=O) groups is 2. The van der Waals surface area contributed by atoms with E-state index in [1.165, 1.54) is 0 Å². The fourth-order valence-corrected chi connectivity index (χ4v) is 0.954. The molecule has 86 valence electrons. The van der Waals surface area contributed by atoms with Crippen LogP contribution in [0.5, 0.6) is 0 Å². The van der Waals surface area contributed by atoms with Crippen molar-refractivity contribution in [2.75, 3.05) is 13.2 Å². The van der Waals surface area contributed by atoms with E-state index in [2.05, 4.69) is 27.2 Å². The van der Waals surface area contributed by atoms with Crippen LogP contribution in [-0.4, -0.2) is 30.0 Å². The van der Waals surface area contributed by atoms with E-state index in [4.69, 9.17) is 4.74 Å². The third-order valence-corrected chi connectivity index (χ3v) is 2.17. The summed E-state index contributed by atoms with van der Waals surface area (Å²) in [6.45, 7) is 5.59. The van der Waals surface area contributed by atoms with Gasteiger partial charge in [-0.15, -0.1) is 0 Å². The first-order valence-electron chi connectivity index (χ1n) is 4.71. The topological polar surface area (TPSA) is 52.6 Å². The Morgan fingerprint density at radius 3 is 2.67 bits per heavy atom. The molecular weight excluding hydrogens is 264 g/mol. The second-order valence-corrected chi connectivity index (χ2v) is 3.93. The molecule has 0 saturated heterocycles. The fraction of sp³-hybridized carbons (Fsp3) is 0.600. The van der Waals surface area contributed by atoms with Crippen LogP contribution >= 0.6 is 15.9 Å². The van der Waals surface area contributed by atoms with Gasteiger partial charge < -0.3 is 9.47 Å². The molecule has 0 heterocycles. The van der Waals surface area contributed by atoms with Gasteiger partial charge in [0.2, 0.25) is 0 Å². The normalized spacial score (nSPS) is 11.6. The fourth-order valence-electron chi connectivity index (χ4n) is 0.690.